The lowest BCUT2D eigenvalue weighted by atomic mass is 9.91. The normalized spacial score (nSPS) is 21.3. The molecule has 0 aromatic heterocycles. The summed E-state index contributed by atoms with van der Waals surface area (Å²) in [5, 5.41) is 3.58. The van der Waals surface area contributed by atoms with Crippen LogP contribution in [0.4, 0.5) is 0 Å². The van der Waals surface area contributed by atoms with Crippen molar-refractivity contribution in [3.8, 4) is 0 Å². The van der Waals surface area contributed by atoms with Gasteiger partial charge in [0, 0.05) is 6.54 Å². The number of hydrogen-bond acceptors (Lipinski definition) is 2. The summed E-state index contributed by atoms with van der Waals surface area (Å²) in [6.07, 6.45) is 0.774. The number of hydrogen-bond donors (Lipinski definition) is 1. The third-order valence-electron chi connectivity index (χ3n) is 4.55. The van der Waals surface area contributed by atoms with Gasteiger partial charge in [0.1, 0.15) is 0 Å². The predicted molar refractivity (Wildman–Crippen MR) is 97.3 cm³/mol. The zero-order valence-corrected chi connectivity index (χ0v) is 14.7. The third kappa shape index (κ3) is 3.68. The van der Waals surface area contributed by atoms with Crippen molar-refractivity contribution in [1.29, 1.82) is 0 Å². The van der Waals surface area contributed by atoms with Crippen molar-refractivity contribution in [2.24, 2.45) is 5.41 Å². The van der Waals surface area contributed by atoms with E-state index < -0.39 is 0 Å². The Hall–Kier alpha value is -2.13. The van der Waals surface area contributed by atoms with Gasteiger partial charge in [-0.05, 0) is 23.0 Å². The number of nitrogens with one attached hydrogen (secondary N) is 1. The molecule has 1 aliphatic heterocycles. The summed E-state index contributed by atoms with van der Waals surface area (Å²) in [6.45, 7) is 7.20. The highest BCUT2D eigenvalue weighted by molar-refractivity contribution is 5.84. The molecule has 0 unspecified atom stereocenters. The van der Waals surface area contributed by atoms with Crippen molar-refractivity contribution in [2.45, 2.75) is 45.9 Å². The summed E-state index contributed by atoms with van der Waals surface area (Å²) in [5.41, 5.74) is 2.34. The first-order valence-corrected chi connectivity index (χ1v) is 8.59. The molecule has 24 heavy (non-hydrogen) atoms. The maximum Gasteiger partial charge on any atom is 0.241 e. The zero-order valence-electron chi connectivity index (χ0n) is 14.7. The van der Waals surface area contributed by atoms with Gasteiger partial charge in [0.15, 0.2) is 0 Å². The Morgan fingerprint density at radius 2 is 1.46 bits per heavy atom. The molecule has 3 nitrogen and oxygen atoms in total. The van der Waals surface area contributed by atoms with E-state index in [1.165, 1.54) is 11.1 Å². The molecule has 3 heteroatoms. The molecule has 3 rings (SSSR count). The maximum absolute atomic E-state index is 13.0. The number of amides is 1. The fourth-order valence-corrected chi connectivity index (χ4v) is 3.34. The molecule has 126 valence electrons. The first-order chi connectivity index (χ1) is 11.4. The molecule has 2 atom stereocenters. The van der Waals surface area contributed by atoms with Crippen molar-refractivity contribution in [1.82, 2.24) is 10.2 Å². The Morgan fingerprint density at radius 3 is 2.00 bits per heavy atom. The first kappa shape index (κ1) is 16.7. The molecule has 0 aliphatic carbocycles. The van der Waals surface area contributed by atoms with E-state index in [1.54, 1.807) is 0 Å². The molecular weight excluding hydrogens is 296 g/mol. The SMILES string of the molecule is CC(C)(C)[C@H]1N[C@@H](Cc2ccccc2)C(=O)N1Cc1ccccc1. The van der Waals surface area contributed by atoms with Gasteiger partial charge in [0.05, 0.1) is 12.2 Å². The second-order valence-electron chi connectivity index (χ2n) is 7.63. The van der Waals surface area contributed by atoms with Crippen molar-refractivity contribution >= 4 is 5.91 Å². The average Bonchev–Trinajstić information content (AvgIpc) is 2.86. The minimum atomic E-state index is -0.152. The summed E-state index contributed by atoms with van der Waals surface area (Å²) >= 11 is 0. The lowest BCUT2D eigenvalue weighted by Crippen LogP contribution is -2.46. The molecule has 0 spiro atoms. The molecule has 1 heterocycles. The van der Waals surface area contributed by atoms with Crippen LogP contribution in [-0.4, -0.2) is 23.0 Å². The van der Waals surface area contributed by atoms with Crippen LogP contribution in [0.3, 0.4) is 0 Å². The van der Waals surface area contributed by atoms with Crippen molar-refractivity contribution in [2.75, 3.05) is 0 Å². The zero-order chi connectivity index (χ0) is 17.2. The van der Waals surface area contributed by atoms with E-state index in [4.69, 9.17) is 0 Å². The molecular formula is C21H26N2O. The van der Waals surface area contributed by atoms with Crippen LogP contribution in [0.15, 0.2) is 60.7 Å². The van der Waals surface area contributed by atoms with E-state index >= 15 is 0 Å². The van der Waals surface area contributed by atoms with Gasteiger partial charge in [0.25, 0.3) is 0 Å². The Kier molecular flexibility index (Phi) is 4.72. The Balaban J connectivity index is 1.81. The molecule has 0 radical (unpaired) electrons. The van der Waals surface area contributed by atoms with E-state index in [0.717, 1.165) is 6.42 Å². The fraction of sp³-hybridized carbons (Fsp3) is 0.381. The summed E-state index contributed by atoms with van der Waals surface area (Å²) in [6, 6.07) is 20.3. The van der Waals surface area contributed by atoms with Gasteiger partial charge in [-0.2, -0.15) is 0 Å². The Labute approximate surface area is 144 Å². The molecule has 1 aliphatic rings. The van der Waals surface area contributed by atoms with Crippen LogP contribution < -0.4 is 5.32 Å². The van der Waals surface area contributed by atoms with E-state index in [2.05, 4.69) is 50.4 Å². The highest BCUT2D eigenvalue weighted by Crippen LogP contribution is 2.29. The number of rotatable bonds is 4. The van der Waals surface area contributed by atoms with Crippen LogP contribution in [0.1, 0.15) is 31.9 Å². The van der Waals surface area contributed by atoms with Gasteiger partial charge in [-0.1, -0.05) is 81.4 Å². The van der Waals surface area contributed by atoms with Gasteiger partial charge in [0.2, 0.25) is 5.91 Å². The van der Waals surface area contributed by atoms with Crippen LogP contribution in [0.5, 0.6) is 0 Å². The standard InChI is InChI=1S/C21H26N2O/c1-21(2,3)20-22-18(14-16-10-6-4-7-11-16)19(24)23(20)15-17-12-8-5-9-13-17/h4-13,18,20,22H,14-15H2,1-3H3/t18-,20-/m0/s1. The number of carbonyl (C=O) groups excluding carboxylic acids is 1. The first-order valence-electron chi connectivity index (χ1n) is 8.59. The van der Waals surface area contributed by atoms with Crippen LogP contribution in [0.25, 0.3) is 0 Å². The van der Waals surface area contributed by atoms with E-state index in [1.807, 2.05) is 41.3 Å². The molecule has 0 saturated carbocycles. The Morgan fingerprint density at radius 1 is 0.917 bits per heavy atom. The third-order valence-corrected chi connectivity index (χ3v) is 4.55. The molecule has 1 amide bonds. The highest BCUT2D eigenvalue weighted by atomic mass is 16.2. The number of benzene rings is 2. The molecule has 2 aromatic rings. The van der Waals surface area contributed by atoms with Gasteiger partial charge < -0.3 is 4.90 Å². The maximum atomic E-state index is 13.0. The van der Waals surface area contributed by atoms with Crippen LogP contribution in [-0.2, 0) is 17.8 Å². The Bertz CT molecular complexity index is 676. The van der Waals surface area contributed by atoms with Gasteiger partial charge in [-0.15, -0.1) is 0 Å². The molecule has 0 bridgehead atoms. The summed E-state index contributed by atoms with van der Waals surface area (Å²) in [5.74, 6) is 0.197. The predicted octanol–water partition coefficient (Wildman–Crippen LogP) is 3.60. The topological polar surface area (TPSA) is 32.3 Å². The van der Waals surface area contributed by atoms with Crippen molar-refractivity contribution in [3.63, 3.8) is 0 Å². The summed E-state index contributed by atoms with van der Waals surface area (Å²) < 4.78 is 0. The summed E-state index contributed by atoms with van der Waals surface area (Å²) in [4.78, 5) is 15.0. The highest BCUT2D eigenvalue weighted by Gasteiger charge is 2.43. The summed E-state index contributed by atoms with van der Waals surface area (Å²) in [7, 11) is 0. The van der Waals surface area contributed by atoms with E-state index in [-0.39, 0.29) is 23.5 Å². The molecule has 1 fully saturated rings. The number of carbonyl (C=O) groups is 1. The van der Waals surface area contributed by atoms with Crippen LogP contribution in [0, 0.1) is 5.41 Å². The van der Waals surface area contributed by atoms with Crippen molar-refractivity contribution < 1.29 is 4.79 Å². The fourth-order valence-electron chi connectivity index (χ4n) is 3.34. The minimum Gasteiger partial charge on any atom is -0.321 e. The minimum absolute atomic E-state index is 0.0180. The van der Waals surface area contributed by atoms with Gasteiger partial charge in [-0.25, -0.2) is 0 Å². The van der Waals surface area contributed by atoms with E-state index in [0.29, 0.717) is 6.54 Å². The number of nitrogens with zero attached hydrogens (tertiary/aromatic N) is 1. The van der Waals surface area contributed by atoms with Gasteiger partial charge in [-0.3, -0.25) is 10.1 Å². The average molecular weight is 322 g/mol. The van der Waals surface area contributed by atoms with Gasteiger partial charge >= 0.3 is 0 Å². The van der Waals surface area contributed by atoms with E-state index in [9.17, 15) is 4.79 Å². The largest absolute Gasteiger partial charge is 0.321 e. The second kappa shape index (κ2) is 6.78. The van der Waals surface area contributed by atoms with Crippen LogP contribution in [0.2, 0.25) is 0 Å². The monoisotopic (exact) mass is 322 g/mol. The van der Waals surface area contributed by atoms with Crippen LogP contribution >= 0.6 is 0 Å². The molecule has 1 N–H and O–H groups in total. The molecule has 1 saturated heterocycles. The lowest BCUT2D eigenvalue weighted by molar-refractivity contribution is -0.131. The lowest BCUT2D eigenvalue weighted by Gasteiger charge is -2.34. The quantitative estimate of drug-likeness (QED) is 0.933. The molecule has 2 aromatic carbocycles. The van der Waals surface area contributed by atoms with Crippen molar-refractivity contribution in [3.05, 3.63) is 71.8 Å². The smallest absolute Gasteiger partial charge is 0.241 e. The second-order valence-corrected chi connectivity index (χ2v) is 7.63.